The lowest BCUT2D eigenvalue weighted by molar-refractivity contribution is 0.0561. The Morgan fingerprint density at radius 3 is 2.83 bits per heavy atom. The van der Waals surface area contributed by atoms with E-state index in [9.17, 15) is 4.79 Å². The van der Waals surface area contributed by atoms with Crippen LogP contribution in [0, 0.1) is 0 Å². The number of para-hydroxylation sites is 2. The Balaban J connectivity index is 1.47. The maximum Gasteiger partial charge on any atom is 0.373 e. The molecule has 0 aliphatic rings. The van der Waals surface area contributed by atoms with Crippen LogP contribution >= 0.6 is 0 Å². The molecule has 0 N–H and O–H groups in total. The van der Waals surface area contributed by atoms with Crippen molar-refractivity contribution in [1.29, 1.82) is 0 Å². The van der Waals surface area contributed by atoms with Crippen LogP contribution in [-0.2, 0) is 11.3 Å². The number of hydrogen-bond acceptors (Lipinski definition) is 7. The van der Waals surface area contributed by atoms with Crippen LogP contribution < -0.4 is 9.47 Å². The second kappa shape index (κ2) is 8.52. The average Bonchev–Trinajstić information content (AvgIpc) is 3.43. The van der Waals surface area contributed by atoms with Crippen LogP contribution in [0.15, 0.2) is 70.4 Å². The molecule has 0 fully saturated rings. The Morgan fingerprint density at radius 1 is 1.13 bits per heavy atom. The Kier molecular flexibility index (Phi) is 5.47. The van der Waals surface area contributed by atoms with Crippen LogP contribution in [0.1, 0.15) is 21.9 Å². The van der Waals surface area contributed by atoms with E-state index in [1.54, 1.807) is 42.5 Å². The molecule has 0 spiro atoms. The van der Waals surface area contributed by atoms with Crippen LogP contribution in [0.5, 0.6) is 11.5 Å². The first kappa shape index (κ1) is 19.3. The van der Waals surface area contributed by atoms with Gasteiger partial charge in [0, 0.05) is 0 Å². The summed E-state index contributed by atoms with van der Waals surface area (Å²) in [6.45, 7) is 0.141. The molecule has 2 heterocycles. The van der Waals surface area contributed by atoms with Gasteiger partial charge in [0.1, 0.15) is 18.7 Å². The number of esters is 1. The summed E-state index contributed by atoms with van der Waals surface area (Å²) in [7, 11) is 2.86. The number of carbonyl (C=O) groups is 1. The van der Waals surface area contributed by atoms with E-state index >= 15 is 0 Å². The lowest BCUT2D eigenvalue weighted by Gasteiger charge is -2.10. The zero-order valence-electron chi connectivity index (χ0n) is 16.4. The van der Waals surface area contributed by atoms with Gasteiger partial charge in [-0.25, -0.2) is 14.5 Å². The van der Waals surface area contributed by atoms with E-state index in [-0.39, 0.29) is 12.4 Å². The van der Waals surface area contributed by atoms with Crippen molar-refractivity contribution in [3.8, 4) is 11.5 Å². The largest absolute Gasteiger partial charge is 0.493 e. The molecule has 0 aliphatic carbocycles. The molecule has 0 saturated carbocycles. The summed E-state index contributed by atoms with van der Waals surface area (Å²) in [5.41, 5.74) is 2.64. The molecule has 8 nitrogen and oxygen atoms in total. The molecule has 0 radical (unpaired) electrons. The smallest absolute Gasteiger partial charge is 0.373 e. The van der Waals surface area contributed by atoms with E-state index < -0.39 is 5.97 Å². The molecule has 0 bridgehead atoms. The first-order chi connectivity index (χ1) is 14.7. The van der Waals surface area contributed by atoms with Crippen LogP contribution in [-0.4, -0.2) is 36.1 Å². The highest BCUT2D eigenvalue weighted by atomic mass is 16.5. The summed E-state index contributed by atoms with van der Waals surface area (Å²) >= 11 is 0. The zero-order chi connectivity index (χ0) is 20.9. The number of nitrogens with zero attached hydrogens (tertiary/aromatic N) is 3. The van der Waals surface area contributed by atoms with E-state index in [2.05, 4.69) is 14.8 Å². The van der Waals surface area contributed by atoms with E-state index in [0.29, 0.717) is 17.3 Å². The van der Waals surface area contributed by atoms with Gasteiger partial charge in [-0.05, 0) is 48.0 Å². The molecule has 0 saturated heterocycles. The normalized spacial score (nSPS) is 11.1. The summed E-state index contributed by atoms with van der Waals surface area (Å²) in [6.07, 6.45) is 3.39. The lowest BCUT2D eigenvalue weighted by Crippen LogP contribution is -1.99. The molecular formula is C22H19N3O5. The monoisotopic (exact) mass is 405 g/mol. The second-order valence-corrected chi connectivity index (χ2v) is 6.28. The molecule has 0 atom stereocenters. The number of imidazole rings is 1. The van der Waals surface area contributed by atoms with Gasteiger partial charge in [-0.1, -0.05) is 12.1 Å². The van der Waals surface area contributed by atoms with Gasteiger partial charge in [-0.2, -0.15) is 5.10 Å². The number of ether oxygens (including phenoxy) is 3. The van der Waals surface area contributed by atoms with Gasteiger partial charge >= 0.3 is 5.97 Å². The standard InChI is InChI=1S/C22H19N3O5/c1-27-21-11-15(12-24-25-14-23-17-5-3-4-6-18(17)25)7-9-19(21)29-13-16-8-10-20(30-16)22(26)28-2/h3-12,14H,13H2,1-2H3/b24-12-. The number of methoxy groups -OCH3 is 2. The molecular weight excluding hydrogens is 386 g/mol. The fourth-order valence-electron chi connectivity index (χ4n) is 2.87. The van der Waals surface area contributed by atoms with Gasteiger partial charge in [0.2, 0.25) is 5.76 Å². The highest BCUT2D eigenvalue weighted by molar-refractivity contribution is 5.86. The lowest BCUT2D eigenvalue weighted by atomic mass is 10.2. The molecule has 0 aliphatic heterocycles. The third-order valence-electron chi connectivity index (χ3n) is 4.37. The molecule has 2 aromatic heterocycles. The number of fused-ring (bicyclic) bond motifs is 1. The molecule has 30 heavy (non-hydrogen) atoms. The first-order valence-electron chi connectivity index (χ1n) is 9.12. The van der Waals surface area contributed by atoms with Gasteiger partial charge in [0.25, 0.3) is 0 Å². The predicted molar refractivity (Wildman–Crippen MR) is 110 cm³/mol. The van der Waals surface area contributed by atoms with Crippen molar-refractivity contribution < 1.29 is 23.4 Å². The van der Waals surface area contributed by atoms with E-state index in [4.69, 9.17) is 13.9 Å². The minimum absolute atomic E-state index is 0.127. The van der Waals surface area contributed by atoms with Crippen LogP contribution in [0.4, 0.5) is 0 Å². The van der Waals surface area contributed by atoms with Gasteiger partial charge in [0.05, 0.1) is 31.5 Å². The zero-order valence-corrected chi connectivity index (χ0v) is 16.4. The molecule has 4 aromatic rings. The molecule has 4 rings (SSSR count). The van der Waals surface area contributed by atoms with Gasteiger partial charge in [-0.15, -0.1) is 0 Å². The number of carbonyl (C=O) groups excluding carboxylic acids is 1. The Labute approximate surface area is 172 Å². The first-order valence-corrected chi connectivity index (χ1v) is 9.12. The van der Waals surface area contributed by atoms with Crippen LogP contribution in [0.25, 0.3) is 11.0 Å². The highest BCUT2D eigenvalue weighted by Gasteiger charge is 2.12. The van der Waals surface area contributed by atoms with Crippen molar-refractivity contribution >= 4 is 23.2 Å². The van der Waals surface area contributed by atoms with Crippen molar-refractivity contribution in [3.63, 3.8) is 0 Å². The second-order valence-electron chi connectivity index (χ2n) is 6.28. The summed E-state index contributed by atoms with van der Waals surface area (Å²) in [5.74, 6) is 1.18. The number of aromatic nitrogens is 2. The van der Waals surface area contributed by atoms with Crippen molar-refractivity contribution in [3.05, 3.63) is 78.0 Å². The fraction of sp³-hybridized carbons (Fsp3) is 0.136. The Hall–Kier alpha value is -4.07. The molecule has 152 valence electrons. The highest BCUT2D eigenvalue weighted by Crippen LogP contribution is 2.28. The molecule has 2 aromatic carbocycles. The number of furan rings is 1. The van der Waals surface area contributed by atoms with Gasteiger partial charge in [-0.3, -0.25) is 0 Å². The molecule has 0 amide bonds. The summed E-state index contributed by atoms with van der Waals surface area (Å²) < 4.78 is 22.9. The Morgan fingerprint density at radius 2 is 2.00 bits per heavy atom. The van der Waals surface area contributed by atoms with Gasteiger partial charge < -0.3 is 18.6 Å². The third kappa shape index (κ3) is 4.02. The Bertz CT molecular complexity index is 1210. The molecule has 8 heteroatoms. The summed E-state index contributed by atoms with van der Waals surface area (Å²) in [6, 6.07) is 16.4. The topological polar surface area (TPSA) is 88.1 Å². The minimum atomic E-state index is -0.534. The van der Waals surface area contributed by atoms with Crippen molar-refractivity contribution in [2.24, 2.45) is 5.10 Å². The van der Waals surface area contributed by atoms with Crippen molar-refractivity contribution in [1.82, 2.24) is 9.66 Å². The average molecular weight is 405 g/mol. The van der Waals surface area contributed by atoms with Crippen LogP contribution in [0.3, 0.4) is 0 Å². The predicted octanol–water partition coefficient (Wildman–Crippen LogP) is 3.89. The number of hydrogen-bond donors (Lipinski definition) is 0. The molecule has 0 unspecified atom stereocenters. The number of rotatable bonds is 7. The van der Waals surface area contributed by atoms with E-state index in [0.717, 1.165) is 16.6 Å². The maximum atomic E-state index is 11.5. The summed E-state index contributed by atoms with van der Waals surface area (Å²) in [5, 5.41) is 4.46. The van der Waals surface area contributed by atoms with Gasteiger partial charge in [0.15, 0.2) is 11.5 Å². The van der Waals surface area contributed by atoms with Crippen molar-refractivity contribution in [2.75, 3.05) is 14.2 Å². The minimum Gasteiger partial charge on any atom is -0.493 e. The third-order valence-corrected chi connectivity index (χ3v) is 4.37. The quantitative estimate of drug-likeness (QED) is 0.342. The summed E-state index contributed by atoms with van der Waals surface area (Å²) in [4.78, 5) is 15.8. The van der Waals surface area contributed by atoms with Crippen molar-refractivity contribution in [2.45, 2.75) is 6.61 Å². The fourth-order valence-corrected chi connectivity index (χ4v) is 2.87. The maximum absolute atomic E-state index is 11.5. The van der Waals surface area contributed by atoms with E-state index in [1.807, 2.05) is 36.4 Å². The van der Waals surface area contributed by atoms with Crippen LogP contribution in [0.2, 0.25) is 0 Å². The number of benzene rings is 2. The SMILES string of the molecule is COC(=O)c1ccc(COc2ccc(/C=N\n3cnc4ccccc43)cc2OC)o1. The van der Waals surface area contributed by atoms with E-state index in [1.165, 1.54) is 7.11 Å².